The normalized spacial score (nSPS) is 14.9. The standard InChI is InChI=1S/C39H32F12P2/c1-21-9-22(2)12-30(11-21)52(31-13-23(3)10-24(4)14-31)25(5)34-7-6-8-35(34)53(32-17-26(36(40,41)42)15-27(18-32)37(43,44)45)33-19-28(38(46,47)48)16-29(20-33)39(49,50)51/h6-7,9-20,25H,8H2,1-5H3/t25-/m1/s1. The van der Waals surface area contributed by atoms with Gasteiger partial charge in [-0.25, -0.2) is 0 Å². The SMILES string of the molecule is Cc1cc(C)cc(P(c2cc(C)cc(C)c2)[C@H](C)C2=C(P(c3cc(C(F)(F)F)cc(C(F)(F)F)c3)c3cc(C(F)(F)F)cc(C(F)(F)F)c3)CC=C2)c1. The van der Waals surface area contributed by atoms with Crippen molar-refractivity contribution in [2.24, 2.45) is 0 Å². The lowest BCUT2D eigenvalue weighted by atomic mass is 10.1. The summed E-state index contributed by atoms with van der Waals surface area (Å²) in [6.07, 6.45) is -18.2. The summed E-state index contributed by atoms with van der Waals surface area (Å²) in [6, 6.07) is 13.2. The van der Waals surface area contributed by atoms with E-state index in [0.717, 1.165) is 32.9 Å². The van der Waals surface area contributed by atoms with E-state index in [1.165, 1.54) is 0 Å². The first-order valence-electron chi connectivity index (χ1n) is 16.1. The van der Waals surface area contributed by atoms with Gasteiger partial charge < -0.3 is 0 Å². The molecule has 0 nitrogen and oxygen atoms in total. The van der Waals surface area contributed by atoms with E-state index < -0.39 is 79.1 Å². The Kier molecular flexibility index (Phi) is 11.1. The molecule has 14 heteroatoms. The third-order valence-electron chi connectivity index (χ3n) is 8.68. The van der Waals surface area contributed by atoms with Crippen molar-refractivity contribution < 1.29 is 52.7 Å². The summed E-state index contributed by atoms with van der Waals surface area (Å²) in [5.74, 6) is 0. The minimum Gasteiger partial charge on any atom is -0.166 e. The summed E-state index contributed by atoms with van der Waals surface area (Å²) < 4.78 is 170. The molecule has 0 saturated heterocycles. The molecular formula is C39H32F12P2. The average Bonchev–Trinajstić information content (AvgIpc) is 3.48. The monoisotopic (exact) mass is 790 g/mol. The maximum Gasteiger partial charge on any atom is 0.416 e. The lowest BCUT2D eigenvalue weighted by Gasteiger charge is -2.31. The molecule has 0 N–H and O–H groups in total. The van der Waals surface area contributed by atoms with Crippen LogP contribution in [0.3, 0.4) is 0 Å². The van der Waals surface area contributed by atoms with Crippen molar-refractivity contribution >= 4 is 37.1 Å². The predicted molar refractivity (Wildman–Crippen MR) is 187 cm³/mol. The van der Waals surface area contributed by atoms with Crippen molar-refractivity contribution in [2.75, 3.05) is 0 Å². The van der Waals surface area contributed by atoms with Gasteiger partial charge >= 0.3 is 24.7 Å². The molecule has 0 heterocycles. The molecule has 282 valence electrons. The zero-order chi connectivity index (χ0) is 39.4. The quantitative estimate of drug-likeness (QED) is 0.129. The fourth-order valence-electron chi connectivity index (χ4n) is 6.62. The molecule has 0 spiro atoms. The molecule has 0 aliphatic heterocycles. The first-order chi connectivity index (χ1) is 24.3. The summed E-state index contributed by atoms with van der Waals surface area (Å²) in [5.41, 5.74) is -3.32. The zero-order valence-corrected chi connectivity index (χ0v) is 30.6. The van der Waals surface area contributed by atoms with Gasteiger partial charge in [0.1, 0.15) is 0 Å². The van der Waals surface area contributed by atoms with Crippen molar-refractivity contribution in [1.82, 2.24) is 0 Å². The van der Waals surface area contributed by atoms with E-state index in [-0.39, 0.29) is 23.9 Å². The molecule has 0 unspecified atom stereocenters. The van der Waals surface area contributed by atoms with Crippen LogP contribution in [0.5, 0.6) is 0 Å². The number of halogens is 12. The Bertz CT molecular complexity index is 1850. The van der Waals surface area contributed by atoms with Gasteiger partial charge in [-0.15, -0.1) is 0 Å². The van der Waals surface area contributed by atoms with Crippen LogP contribution in [-0.2, 0) is 24.7 Å². The minimum absolute atomic E-state index is 0.117. The molecule has 0 amide bonds. The van der Waals surface area contributed by atoms with Crippen molar-refractivity contribution in [3.8, 4) is 0 Å². The van der Waals surface area contributed by atoms with Crippen LogP contribution in [0.15, 0.2) is 95.8 Å². The smallest absolute Gasteiger partial charge is 0.166 e. The number of rotatable bonds is 7. The van der Waals surface area contributed by atoms with Gasteiger partial charge in [0, 0.05) is 5.66 Å². The molecule has 1 aliphatic carbocycles. The van der Waals surface area contributed by atoms with Crippen LogP contribution < -0.4 is 21.2 Å². The molecule has 4 aromatic carbocycles. The summed E-state index contributed by atoms with van der Waals surface area (Å²) in [5, 5.41) is 0.584. The van der Waals surface area contributed by atoms with Gasteiger partial charge in [0.15, 0.2) is 0 Å². The highest BCUT2D eigenvalue weighted by atomic mass is 31.1. The van der Waals surface area contributed by atoms with Crippen LogP contribution in [0, 0.1) is 27.7 Å². The first-order valence-corrected chi connectivity index (χ1v) is 18.8. The van der Waals surface area contributed by atoms with Gasteiger partial charge in [-0.05, 0) is 118 Å². The first kappa shape index (κ1) is 40.6. The van der Waals surface area contributed by atoms with Crippen LogP contribution in [0.4, 0.5) is 52.7 Å². The minimum atomic E-state index is -5.32. The van der Waals surface area contributed by atoms with E-state index in [2.05, 4.69) is 0 Å². The Balaban J connectivity index is 1.88. The molecule has 0 saturated carbocycles. The zero-order valence-electron chi connectivity index (χ0n) is 28.8. The second-order valence-electron chi connectivity index (χ2n) is 13.1. The van der Waals surface area contributed by atoms with Crippen LogP contribution in [0.2, 0.25) is 0 Å². The number of benzene rings is 4. The van der Waals surface area contributed by atoms with Crippen LogP contribution >= 0.6 is 15.8 Å². The molecule has 1 aliphatic rings. The van der Waals surface area contributed by atoms with Crippen molar-refractivity contribution in [2.45, 2.75) is 71.4 Å². The van der Waals surface area contributed by atoms with Crippen molar-refractivity contribution in [3.63, 3.8) is 0 Å². The summed E-state index contributed by atoms with van der Waals surface area (Å²) in [4.78, 5) is 0. The third-order valence-corrected chi connectivity index (χ3v) is 13.9. The Morgan fingerprint density at radius 2 is 0.774 bits per heavy atom. The molecule has 0 aromatic heterocycles. The van der Waals surface area contributed by atoms with Crippen molar-refractivity contribution in [1.29, 1.82) is 0 Å². The van der Waals surface area contributed by atoms with Crippen LogP contribution in [0.1, 0.15) is 57.9 Å². The summed E-state index contributed by atoms with van der Waals surface area (Å²) in [7, 11) is -4.23. The second kappa shape index (κ2) is 14.6. The highest BCUT2D eigenvalue weighted by Crippen LogP contribution is 2.55. The van der Waals surface area contributed by atoms with Crippen molar-refractivity contribution in [3.05, 3.63) is 140 Å². The molecular weight excluding hydrogens is 758 g/mol. The lowest BCUT2D eigenvalue weighted by molar-refractivity contribution is -0.144. The van der Waals surface area contributed by atoms with Crippen LogP contribution in [0.25, 0.3) is 0 Å². The maximum absolute atomic E-state index is 14.2. The van der Waals surface area contributed by atoms with E-state index in [0.29, 0.717) is 29.8 Å². The fourth-order valence-corrected chi connectivity index (χ4v) is 12.6. The van der Waals surface area contributed by atoms with Gasteiger partial charge in [-0.2, -0.15) is 52.7 Å². The highest BCUT2D eigenvalue weighted by molar-refractivity contribution is 7.77. The Morgan fingerprint density at radius 3 is 1.08 bits per heavy atom. The number of allylic oxidation sites excluding steroid dienone is 4. The third kappa shape index (κ3) is 9.20. The van der Waals surface area contributed by atoms with Gasteiger partial charge in [0.2, 0.25) is 0 Å². The van der Waals surface area contributed by atoms with E-state index in [1.807, 2.05) is 71.0 Å². The molecule has 4 aromatic rings. The van der Waals surface area contributed by atoms with Gasteiger partial charge in [-0.1, -0.05) is 77.7 Å². The van der Waals surface area contributed by atoms with E-state index in [4.69, 9.17) is 0 Å². The largest absolute Gasteiger partial charge is 0.416 e. The molecule has 53 heavy (non-hydrogen) atoms. The lowest BCUT2D eigenvalue weighted by Crippen LogP contribution is -2.25. The second-order valence-corrected chi connectivity index (χ2v) is 17.9. The van der Waals surface area contributed by atoms with Gasteiger partial charge in [0.05, 0.1) is 22.3 Å². The Labute approximate surface area is 301 Å². The number of aryl methyl sites for hydroxylation is 4. The fraction of sp³-hybridized carbons (Fsp3) is 0.282. The number of hydrogen-bond acceptors (Lipinski definition) is 0. The van der Waals surface area contributed by atoms with E-state index >= 15 is 0 Å². The van der Waals surface area contributed by atoms with E-state index in [9.17, 15) is 52.7 Å². The number of hydrogen-bond donors (Lipinski definition) is 0. The molecule has 0 radical (unpaired) electrons. The van der Waals surface area contributed by atoms with E-state index in [1.54, 1.807) is 12.2 Å². The average molecular weight is 791 g/mol. The molecule has 1 atom stereocenters. The topological polar surface area (TPSA) is 0 Å². The van der Waals surface area contributed by atoms with Gasteiger partial charge in [0.25, 0.3) is 0 Å². The molecule has 5 rings (SSSR count). The summed E-state index contributed by atoms with van der Waals surface area (Å²) >= 11 is 0. The number of alkyl halides is 12. The highest BCUT2D eigenvalue weighted by Gasteiger charge is 2.41. The molecule has 0 fully saturated rings. The van der Waals surface area contributed by atoms with Gasteiger partial charge in [-0.3, -0.25) is 0 Å². The summed E-state index contributed by atoms with van der Waals surface area (Å²) in [6.45, 7) is 9.40. The maximum atomic E-state index is 14.2. The molecule has 0 bridgehead atoms. The Hall–Kier alpha value is -3.62. The predicted octanol–water partition coefficient (Wildman–Crippen LogP) is 12.2. The Morgan fingerprint density at radius 1 is 0.453 bits per heavy atom. The van der Waals surface area contributed by atoms with Crippen LogP contribution in [-0.4, -0.2) is 5.66 Å².